The molecule has 1 amide bonds. The number of carbonyl (C=O) groups is 2. The number of hydrogen-bond acceptors (Lipinski definition) is 4. The van der Waals surface area contributed by atoms with Crippen LogP contribution in [-0.4, -0.2) is 47.3 Å². The minimum atomic E-state index is -0.833. The Kier molecular flexibility index (Phi) is 9.04. The first-order valence-electron chi connectivity index (χ1n) is 12.6. The molecule has 0 saturated heterocycles. The van der Waals surface area contributed by atoms with E-state index in [4.69, 9.17) is 21.5 Å². The average molecular weight is 493 g/mol. The first-order chi connectivity index (χ1) is 16.0. The standard InChI is InChI=1S/C25H37ClN2O2.C2H4O2/c1-24(2,30)15-27-8-4-6-20-5-3-7-21(22(20)26)23(29)28-16-25-12-17-9-18(13-25)11-19(10-17)14-25;1-2(3)4/h3,5,7,17-19,27,30H,4,6,8-16H2,1-2H3,(H,28,29);1H3,(H,3,4). The van der Waals surface area contributed by atoms with Crippen molar-refractivity contribution in [2.75, 3.05) is 19.6 Å². The summed E-state index contributed by atoms with van der Waals surface area (Å²) in [5.74, 6) is 1.82. The van der Waals surface area contributed by atoms with E-state index >= 15 is 0 Å². The number of amides is 1. The number of aliphatic hydroxyl groups is 1. The number of halogens is 1. The average Bonchev–Trinajstić information content (AvgIpc) is 2.71. The Morgan fingerprint density at radius 2 is 1.68 bits per heavy atom. The third-order valence-electron chi connectivity index (χ3n) is 7.47. The van der Waals surface area contributed by atoms with Gasteiger partial charge < -0.3 is 20.8 Å². The number of hydrogen-bond donors (Lipinski definition) is 4. The number of carboxylic acid groups (broad SMARTS) is 1. The first kappa shape index (κ1) is 27.0. The van der Waals surface area contributed by atoms with E-state index in [1.807, 2.05) is 18.2 Å². The summed E-state index contributed by atoms with van der Waals surface area (Å²) in [5, 5.41) is 24.3. The zero-order valence-corrected chi connectivity index (χ0v) is 21.6. The molecule has 4 fully saturated rings. The van der Waals surface area contributed by atoms with Gasteiger partial charge in [-0.05, 0) is 107 Å². The van der Waals surface area contributed by atoms with Gasteiger partial charge in [0.15, 0.2) is 0 Å². The summed E-state index contributed by atoms with van der Waals surface area (Å²) in [7, 11) is 0. The molecule has 4 aliphatic carbocycles. The number of carboxylic acids is 1. The molecule has 190 valence electrons. The molecule has 6 nitrogen and oxygen atoms in total. The molecule has 4 bridgehead atoms. The van der Waals surface area contributed by atoms with E-state index in [-0.39, 0.29) is 5.91 Å². The molecule has 0 radical (unpaired) electrons. The molecule has 34 heavy (non-hydrogen) atoms. The second-order valence-corrected chi connectivity index (χ2v) is 11.9. The fourth-order valence-corrected chi connectivity index (χ4v) is 6.92. The molecular weight excluding hydrogens is 452 g/mol. The van der Waals surface area contributed by atoms with Crippen LogP contribution in [-0.2, 0) is 11.2 Å². The largest absolute Gasteiger partial charge is 0.481 e. The predicted molar refractivity (Wildman–Crippen MR) is 135 cm³/mol. The Morgan fingerprint density at radius 1 is 1.12 bits per heavy atom. The van der Waals surface area contributed by atoms with Gasteiger partial charge in [0.05, 0.1) is 16.2 Å². The van der Waals surface area contributed by atoms with Crippen molar-refractivity contribution < 1.29 is 19.8 Å². The number of benzene rings is 1. The van der Waals surface area contributed by atoms with Gasteiger partial charge in [0.2, 0.25) is 0 Å². The Bertz CT molecular complexity index is 825. The van der Waals surface area contributed by atoms with Gasteiger partial charge in [-0.25, -0.2) is 0 Å². The Morgan fingerprint density at radius 3 is 2.21 bits per heavy atom. The Balaban J connectivity index is 0.000000751. The van der Waals surface area contributed by atoms with E-state index in [9.17, 15) is 9.90 Å². The zero-order valence-electron chi connectivity index (χ0n) is 20.8. The fourth-order valence-electron chi connectivity index (χ4n) is 6.62. The van der Waals surface area contributed by atoms with Crippen LogP contribution in [0.3, 0.4) is 0 Å². The highest BCUT2D eigenvalue weighted by atomic mass is 35.5. The third kappa shape index (κ3) is 7.69. The minimum absolute atomic E-state index is 0.0299. The molecule has 4 N–H and O–H groups in total. The van der Waals surface area contributed by atoms with E-state index < -0.39 is 11.6 Å². The van der Waals surface area contributed by atoms with E-state index in [0.717, 1.165) is 56.2 Å². The summed E-state index contributed by atoms with van der Waals surface area (Å²) in [5.41, 5.74) is 1.25. The lowest BCUT2D eigenvalue weighted by Crippen LogP contribution is -2.51. The molecule has 4 aliphatic rings. The highest BCUT2D eigenvalue weighted by Gasteiger charge is 2.50. The summed E-state index contributed by atoms with van der Waals surface area (Å²) in [6, 6.07) is 5.78. The quantitative estimate of drug-likeness (QED) is 0.375. The highest BCUT2D eigenvalue weighted by molar-refractivity contribution is 6.34. The summed E-state index contributed by atoms with van der Waals surface area (Å²) in [6.07, 6.45) is 9.88. The molecule has 5 rings (SSSR count). The van der Waals surface area contributed by atoms with Gasteiger partial charge in [0.25, 0.3) is 11.9 Å². The molecule has 4 saturated carbocycles. The van der Waals surface area contributed by atoms with Crippen molar-refractivity contribution in [3.05, 3.63) is 34.3 Å². The molecule has 0 aliphatic heterocycles. The smallest absolute Gasteiger partial charge is 0.300 e. The Hall–Kier alpha value is -1.63. The molecule has 1 aromatic rings. The predicted octanol–water partition coefficient (Wildman–Crippen LogP) is 4.67. The monoisotopic (exact) mass is 492 g/mol. The minimum Gasteiger partial charge on any atom is -0.481 e. The van der Waals surface area contributed by atoms with E-state index in [1.54, 1.807) is 13.8 Å². The molecule has 0 heterocycles. The second kappa shape index (κ2) is 11.4. The number of aryl methyl sites for hydroxylation is 1. The van der Waals surface area contributed by atoms with Crippen molar-refractivity contribution in [3.63, 3.8) is 0 Å². The lowest BCUT2D eigenvalue weighted by atomic mass is 9.49. The number of carbonyl (C=O) groups excluding carboxylic acids is 1. The normalized spacial score (nSPS) is 27.1. The van der Waals surface area contributed by atoms with Crippen molar-refractivity contribution in [3.8, 4) is 0 Å². The van der Waals surface area contributed by atoms with Gasteiger partial charge >= 0.3 is 0 Å². The zero-order chi connectivity index (χ0) is 24.9. The van der Waals surface area contributed by atoms with Gasteiger partial charge in [-0.3, -0.25) is 9.59 Å². The topological polar surface area (TPSA) is 98.7 Å². The van der Waals surface area contributed by atoms with Crippen LogP contribution in [0.4, 0.5) is 0 Å². The van der Waals surface area contributed by atoms with Crippen LogP contribution in [0.25, 0.3) is 0 Å². The van der Waals surface area contributed by atoms with Crippen molar-refractivity contribution in [1.29, 1.82) is 0 Å². The van der Waals surface area contributed by atoms with E-state index in [2.05, 4.69) is 10.6 Å². The highest BCUT2D eigenvalue weighted by Crippen LogP contribution is 2.59. The SMILES string of the molecule is CC(=O)O.CC(C)(O)CNCCCc1cccc(C(=O)NCC23CC4CC(CC(C4)C2)C3)c1Cl. The number of nitrogens with one attached hydrogen (secondary N) is 2. The lowest BCUT2D eigenvalue weighted by molar-refractivity contribution is -0.134. The van der Waals surface area contributed by atoms with Gasteiger partial charge in [-0.15, -0.1) is 0 Å². The maximum absolute atomic E-state index is 13.0. The van der Waals surface area contributed by atoms with Crippen LogP contribution in [0.2, 0.25) is 5.02 Å². The third-order valence-corrected chi connectivity index (χ3v) is 7.92. The lowest BCUT2D eigenvalue weighted by Gasteiger charge is -2.56. The molecule has 0 atom stereocenters. The van der Waals surface area contributed by atoms with Crippen LogP contribution in [0.1, 0.15) is 81.6 Å². The summed E-state index contributed by atoms with van der Waals surface area (Å²) < 4.78 is 0. The molecule has 0 spiro atoms. The van der Waals surface area contributed by atoms with Gasteiger partial charge in [0, 0.05) is 20.0 Å². The van der Waals surface area contributed by atoms with E-state index in [0.29, 0.717) is 22.5 Å². The summed E-state index contributed by atoms with van der Waals surface area (Å²) >= 11 is 6.62. The number of rotatable bonds is 9. The molecular formula is C27H41ClN2O4. The number of aliphatic carboxylic acids is 1. The van der Waals surface area contributed by atoms with Crippen LogP contribution in [0.5, 0.6) is 0 Å². The van der Waals surface area contributed by atoms with Crippen molar-refractivity contribution in [2.45, 2.75) is 77.7 Å². The summed E-state index contributed by atoms with van der Waals surface area (Å²) in [6.45, 7) is 6.84. The molecule has 1 aromatic carbocycles. The molecule has 0 unspecified atom stereocenters. The van der Waals surface area contributed by atoms with Crippen molar-refractivity contribution in [2.24, 2.45) is 23.2 Å². The van der Waals surface area contributed by atoms with Crippen LogP contribution >= 0.6 is 11.6 Å². The molecule has 7 heteroatoms. The fraction of sp³-hybridized carbons (Fsp3) is 0.704. The maximum Gasteiger partial charge on any atom is 0.300 e. The Labute approximate surface area is 208 Å². The second-order valence-electron chi connectivity index (χ2n) is 11.5. The van der Waals surface area contributed by atoms with Crippen LogP contribution in [0.15, 0.2) is 18.2 Å². The van der Waals surface area contributed by atoms with E-state index in [1.165, 1.54) is 38.5 Å². The van der Waals surface area contributed by atoms with Crippen molar-refractivity contribution >= 4 is 23.5 Å². The maximum atomic E-state index is 13.0. The van der Waals surface area contributed by atoms with Crippen LogP contribution in [0, 0.1) is 23.2 Å². The molecule has 0 aromatic heterocycles. The van der Waals surface area contributed by atoms with Gasteiger partial charge in [-0.1, -0.05) is 23.7 Å². The summed E-state index contributed by atoms with van der Waals surface area (Å²) in [4.78, 5) is 22.0. The van der Waals surface area contributed by atoms with Gasteiger partial charge in [-0.2, -0.15) is 0 Å². The van der Waals surface area contributed by atoms with Gasteiger partial charge in [0.1, 0.15) is 0 Å². The van der Waals surface area contributed by atoms with Crippen molar-refractivity contribution in [1.82, 2.24) is 10.6 Å². The first-order valence-corrected chi connectivity index (χ1v) is 13.0. The van der Waals surface area contributed by atoms with Crippen LogP contribution < -0.4 is 10.6 Å².